The van der Waals surface area contributed by atoms with Crippen LogP contribution in [0.1, 0.15) is 39.4 Å². The normalized spacial score (nSPS) is 13.6. The molecule has 0 heterocycles. The molecular weight excluding hydrogens is 198 g/mol. The highest BCUT2D eigenvalue weighted by atomic mass is 16.3. The number of hydrogen-bond donors (Lipinski definition) is 1. The van der Waals surface area contributed by atoms with Crippen LogP contribution in [-0.2, 0) is 0 Å². The van der Waals surface area contributed by atoms with E-state index in [2.05, 4.69) is 44.9 Å². The van der Waals surface area contributed by atoms with Gasteiger partial charge in [-0.05, 0) is 30.0 Å². The molecule has 0 aliphatic heterocycles. The van der Waals surface area contributed by atoms with Gasteiger partial charge in [-0.15, -0.1) is 0 Å². The molecule has 0 saturated carbocycles. The van der Waals surface area contributed by atoms with Crippen molar-refractivity contribution >= 4 is 5.69 Å². The van der Waals surface area contributed by atoms with Gasteiger partial charge in [-0.3, -0.25) is 0 Å². The minimum Gasteiger partial charge on any atom is -0.389 e. The zero-order valence-electron chi connectivity index (χ0n) is 11.0. The summed E-state index contributed by atoms with van der Waals surface area (Å²) in [7, 11) is 2.10. The van der Waals surface area contributed by atoms with Crippen LogP contribution in [0.25, 0.3) is 0 Å². The van der Waals surface area contributed by atoms with Crippen molar-refractivity contribution in [2.45, 2.75) is 33.8 Å². The van der Waals surface area contributed by atoms with Gasteiger partial charge < -0.3 is 10.0 Å². The smallest absolute Gasteiger partial charge is 0.0761 e. The van der Waals surface area contributed by atoms with Crippen molar-refractivity contribution in [2.75, 3.05) is 18.5 Å². The summed E-state index contributed by atoms with van der Waals surface area (Å²) in [5, 5.41) is 9.43. The van der Waals surface area contributed by atoms with Gasteiger partial charge in [0.15, 0.2) is 0 Å². The van der Waals surface area contributed by atoms with Gasteiger partial charge in [0.05, 0.1) is 6.10 Å². The first-order valence-electron chi connectivity index (χ1n) is 5.79. The van der Waals surface area contributed by atoms with E-state index in [0.717, 1.165) is 12.1 Å². The number of aliphatic hydroxyl groups excluding tert-OH is 1. The molecule has 0 unspecified atom stereocenters. The van der Waals surface area contributed by atoms with E-state index in [9.17, 15) is 5.11 Å². The average Bonchev–Trinajstić information content (AvgIpc) is 2.15. The van der Waals surface area contributed by atoms with Gasteiger partial charge in [0.2, 0.25) is 0 Å². The molecule has 16 heavy (non-hydrogen) atoms. The predicted octanol–water partition coefficient (Wildman–Crippen LogP) is 3.22. The van der Waals surface area contributed by atoms with Crippen LogP contribution in [0.2, 0.25) is 0 Å². The Morgan fingerprint density at radius 3 is 2.06 bits per heavy atom. The third-order valence-electron chi connectivity index (χ3n) is 2.53. The topological polar surface area (TPSA) is 23.5 Å². The first kappa shape index (κ1) is 13.0. The Bertz CT molecular complexity index is 322. The second-order valence-corrected chi connectivity index (χ2v) is 5.68. The molecule has 0 aliphatic rings. The first-order valence-corrected chi connectivity index (χ1v) is 5.79. The van der Waals surface area contributed by atoms with Crippen molar-refractivity contribution in [3.05, 3.63) is 29.8 Å². The minimum absolute atomic E-state index is 0.289. The summed E-state index contributed by atoms with van der Waals surface area (Å²) in [5.74, 6) is 0. The van der Waals surface area contributed by atoms with E-state index in [4.69, 9.17) is 0 Å². The fraction of sp³-hybridized carbons (Fsp3) is 0.571. The highest BCUT2D eigenvalue weighted by Gasteiger charge is 2.13. The summed E-state index contributed by atoms with van der Waals surface area (Å²) >= 11 is 0. The van der Waals surface area contributed by atoms with E-state index in [0.29, 0.717) is 0 Å². The molecule has 2 heteroatoms. The largest absolute Gasteiger partial charge is 0.389 e. The molecule has 2 nitrogen and oxygen atoms in total. The van der Waals surface area contributed by atoms with E-state index in [1.165, 1.54) is 5.69 Å². The first-order chi connectivity index (χ1) is 7.29. The molecule has 0 fully saturated rings. The maximum atomic E-state index is 9.43. The summed E-state index contributed by atoms with van der Waals surface area (Å²) in [6.07, 6.45) is -0.387. The number of anilines is 1. The molecule has 0 saturated heterocycles. The molecule has 1 rings (SSSR count). The molecule has 1 N–H and O–H groups in total. The van der Waals surface area contributed by atoms with Gasteiger partial charge in [-0.1, -0.05) is 32.9 Å². The molecule has 1 atom stereocenters. The quantitative estimate of drug-likeness (QED) is 0.847. The number of hydrogen-bond acceptors (Lipinski definition) is 2. The standard InChI is InChI=1S/C14H23NO/c1-11(16)12-6-8-13(9-7-12)15(5)10-14(2,3)4/h6-9,11,16H,10H2,1-5H3/t11-/m1/s1. The molecule has 1 aromatic carbocycles. The van der Waals surface area contributed by atoms with Crippen LogP contribution in [0, 0.1) is 5.41 Å². The average molecular weight is 221 g/mol. The van der Waals surface area contributed by atoms with Gasteiger partial charge in [0, 0.05) is 19.3 Å². The minimum atomic E-state index is -0.387. The number of rotatable bonds is 3. The van der Waals surface area contributed by atoms with Gasteiger partial charge in [0.1, 0.15) is 0 Å². The fourth-order valence-electron chi connectivity index (χ4n) is 1.81. The molecule has 1 aromatic rings. The van der Waals surface area contributed by atoms with Crippen molar-refractivity contribution in [1.29, 1.82) is 0 Å². The molecule has 0 aliphatic carbocycles. The van der Waals surface area contributed by atoms with Crippen LogP contribution >= 0.6 is 0 Å². The summed E-state index contributed by atoms with van der Waals surface area (Å²) < 4.78 is 0. The highest BCUT2D eigenvalue weighted by Crippen LogP contribution is 2.22. The predicted molar refractivity (Wildman–Crippen MR) is 69.8 cm³/mol. The van der Waals surface area contributed by atoms with E-state index >= 15 is 0 Å². The summed E-state index contributed by atoms with van der Waals surface area (Å²) in [6, 6.07) is 8.10. The zero-order chi connectivity index (χ0) is 12.3. The van der Waals surface area contributed by atoms with Crippen LogP contribution in [0.4, 0.5) is 5.69 Å². The van der Waals surface area contributed by atoms with Crippen LogP contribution in [0.15, 0.2) is 24.3 Å². The van der Waals surface area contributed by atoms with E-state index in [-0.39, 0.29) is 11.5 Å². The van der Waals surface area contributed by atoms with Crippen LogP contribution < -0.4 is 4.90 Å². The Balaban J connectivity index is 2.74. The lowest BCUT2D eigenvalue weighted by Crippen LogP contribution is -2.28. The van der Waals surface area contributed by atoms with Crippen molar-refractivity contribution in [3.63, 3.8) is 0 Å². The molecule has 90 valence electrons. The van der Waals surface area contributed by atoms with Crippen LogP contribution in [0.5, 0.6) is 0 Å². The second-order valence-electron chi connectivity index (χ2n) is 5.68. The third-order valence-corrected chi connectivity index (χ3v) is 2.53. The lowest BCUT2D eigenvalue weighted by atomic mass is 9.96. The summed E-state index contributed by atoms with van der Waals surface area (Å²) in [4.78, 5) is 2.24. The lowest BCUT2D eigenvalue weighted by Gasteiger charge is -2.28. The third kappa shape index (κ3) is 3.86. The van der Waals surface area contributed by atoms with Crippen molar-refractivity contribution < 1.29 is 5.11 Å². The van der Waals surface area contributed by atoms with E-state index < -0.39 is 0 Å². The lowest BCUT2D eigenvalue weighted by molar-refractivity contribution is 0.199. The maximum Gasteiger partial charge on any atom is 0.0761 e. The molecule has 0 radical (unpaired) electrons. The Morgan fingerprint density at radius 1 is 1.19 bits per heavy atom. The molecule has 0 amide bonds. The monoisotopic (exact) mass is 221 g/mol. The van der Waals surface area contributed by atoms with Gasteiger partial charge in [0.25, 0.3) is 0 Å². The number of nitrogens with zero attached hydrogens (tertiary/aromatic N) is 1. The fourth-order valence-corrected chi connectivity index (χ4v) is 1.81. The van der Waals surface area contributed by atoms with Crippen LogP contribution in [0.3, 0.4) is 0 Å². The van der Waals surface area contributed by atoms with Crippen LogP contribution in [-0.4, -0.2) is 18.7 Å². The van der Waals surface area contributed by atoms with Crippen molar-refractivity contribution in [1.82, 2.24) is 0 Å². The molecular formula is C14H23NO. The Morgan fingerprint density at radius 2 is 1.69 bits per heavy atom. The summed E-state index contributed by atoms with van der Waals surface area (Å²) in [5.41, 5.74) is 2.45. The Kier molecular flexibility index (Phi) is 3.98. The number of aliphatic hydroxyl groups is 1. The van der Waals surface area contributed by atoms with Gasteiger partial charge in [-0.25, -0.2) is 0 Å². The van der Waals surface area contributed by atoms with E-state index in [1.807, 2.05) is 12.1 Å². The zero-order valence-corrected chi connectivity index (χ0v) is 11.0. The second kappa shape index (κ2) is 4.88. The van der Waals surface area contributed by atoms with Crippen molar-refractivity contribution in [2.24, 2.45) is 5.41 Å². The molecule has 0 bridgehead atoms. The molecule has 0 spiro atoms. The SMILES string of the molecule is C[C@@H](O)c1ccc(N(C)CC(C)(C)C)cc1. The van der Waals surface area contributed by atoms with Gasteiger partial charge >= 0.3 is 0 Å². The Labute approximate surface area is 98.9 Å². The van der Waals surface area contributed by atoms with Crippen molar-refractivity contribution in [3.8, 4) is 0 Å². The maximum absolute atomic E-state index is 9.43. The molecule has 0 aromatic heterocycles. The highest BCUT2D eigenvalue weighted by molar-refractivity contribution is 5.47. The Hall–Kier alpha value is -1.02. The summed E-state index contributed by atoms with van der Waals surface area (Å²) in [6.45, 7) is 9.49. The van der Waals surface area contributed by atoms with Gasteiger partial charge in [-0.2, -0.15) is 0 Å². The number of benzene rings is 1. The van der Waals surface area contributed by atoms with E-state index in [1.54, 1.807) is 6.92 Å².